The third kappa shape index (κ3) is 7.97. The highest BCUT2D eigenvalue weighted by Gasteiger charge is 2.35. The highest BCUT2D eigenvalue weighted by molar-refractivity contribution is 6.05. The number of ketones is 1. The lowest BCUT2D eigenvalue weighted by Crippen LogP contribution is -2.48. The molecule has 0 spiro atoms. The van der Waals surface area contributed by atoms with Gasteiger partial charge in [0, 0.05) is 19.0 Å². The van der Waals surface area contributed by atoms with E-state index < -0.39 is 24.0 Å². The summed E-state index contributed by atoms with van der Waals surface area (Å²) >= 11 is 0. The Balaban J connectivity index is 1.55. The summed E-state index contributed by atoms with van der Waals surface area (Å²) in [6, 6.07) is 14.7. The van der Waals surface area contributed by atoms with Crippen LogP contribution in [0.2, 0.25) is 0 Å². The van der Waals surface area contributed by atoms with Crippen molar-refractivity contribution in [3.8, 4) is 34.5 Å². The monoisotopic (exact) mass is 620 g/mol. The molecule has 11 heteroatoms. The second-order valence-electron chi connectivity index (χ2n) is 10.5. The van der Waals surface area contributed by atoms with Crippen LogP contribution in [0.15, 0.2) is 54.6 Å². The maximum Gasteiger partial charge on any atom is 0.334 e. The van der Waals surface area contributed by atoms with Crippen molar-refractivity contribution in [2.45, 2.75) is 38.6 Å². The van der Waals surface area contributed by atoms with Gasteiger partial charge in [0.2, 0.25) is 5.75 Å². The van der Waals surface area contributed by atoms with Crippen molar-refractivity contribution in [1.82, 2.24) is 10.6 Å². The van der Waals surface area contributed by atoms with Crippen LogP contribution in [-0.2, 0) is 17.6 Å². The van der Waals surface area contributed by atoms with Crippen molar-refractivity contribution in [1.29, 1.82) is 0 Å². The van der Waals surface area contributed by atoms with Gasteiger partial charge in [0.15, 0.2) is 28.8 Å². The number of unbranched alkanes of at least 4 members (excludes halogenated alkanes) is 1. The van der Waals surface area contributed by atoms with Gasteiger partial charge in [-0.15, -0.1) is 0 Å². The molecule has 11 nitrogen and oxygen atoms in total. The van der Waals surface area contributed by atoms with Crippen molar-refractivity contribution in [3.63, 3.8) is 0 Å². The molecule has 45 heavy (non-hydrogen) atoms. The van der Waals surface area contributed by atoms with Gasteiger partial charge >= 0.3 is 12.0 Å². The van der Waals surface area contributed by atoms with Gasteiger partial charge in [0.25, 0.3) is 0 Å². The first-order valence-electron chi connectivity index (χ1n) is 14.8. The minimum absolute atomic E-state index is 0.127. The number of carbonyl (C=O) groups excluding carboxylic acids is 3. The standard InChI is InChI=1S/C34H40N2O9/c1-6-7-15-35-34(39)36-24(17-21-11-9-8-10-12-21)33(38)45-26-18-22(13-14-25(26)40-2)16-23-20-44-27-19-28(41-3)31(42-4)32(43-5)29(27)30(23)37/h8-14,18-19,23-24H,6-7,15-17,20H2,1-5H3,(H2,35,36,39)/t23?,24-/m0/s1. The normalized spacial score (nSPS) is 14.3. The summed E-state index contributed by atoms with van der Waals surface area (Å²) in [7, 11) is 5.88. The van der Waals surface area contributed by atoms with Gasteiger partial charge in [0.1, 0.15) is 17.4 Å². The number of carbonyl (C=O) groups is 3. The third-order valence-electron chi connectivity index (χ3n) is 7.46. The van der Waals surface area contributed by atoms with Crippen LogP contribution in [0.5, 0.6) is 34.5 Å². The highest BCUT2D eigenvalue weighted by Crippen LogP contribution is 2.47. The van der Waals surface area contributed by atoms with Crippen LogP contribution in [0.3, 0.4) is 0 Å². The van der Waals surface area contributed by atoms with E-state index in [1.165, 1.54) is 28.4 Å². The Hall–Kier alpha value is -4.93. The molecule has 240 valence electrons. The zero-order chi connectivity index (χ0) is 32.3. The number of nitrogens with one attached hydrogen (secondary N) is 2. The molecule has 2 N–H and O–H groups in total. The molecule has 0 aliphatic carbocycles. The fourth-order valence-corrected chi connectivity index (χ4v) is 5.13. The molecule has 0 radical (unpaired) electrons. The van der Waals surface area contributed by atoms with Crippen LogP contribution in [0.4, 0.5) is 4.79 Å². The summed E-state index contributed by atoms with van der Waals surface area (Å²) in [5.74, 6) is 0.384. The molecule has 0 aromatic heterocycles. The summed E-state index contributed by atoms with van der Waals surface area (Å²) in [6.45, 7) is 2.64. The molecule has 1 aliphatic rings. The maximum atomic E-state index is 13.7. The lowest BCUT2D eigenvalue weighted by molar-refractivity contribution is -0.136. The molecule has 1 aliphatic heterocycles. The fraction of sp³-hybridized carbons (Fsp3) is 0.382. The largest absolute Gasteiger partial charge is 0.493 e. The van der Waals surface area contributed by atoms with Crippen LogP contribution in [0.25, 0.3) is 0 Å². The number of rotatable bonds is 14. The third-order valence-corrected chi connectivity index (χ3v) is 7.46. The Labute approximate surface area is 263 Å². The topological polar surface area (TPSA) is 131 Å². The smallest absolute Gasteiger partial charge is 0.334 e. The van der Waals surface area contributed by atoms with Gasteiger partial charge < -0.3 is 39.1 Å². The Morgan fingerprint density at radius 1 is 0.889 bits per heavy atom. The number of ether oxygens (including phenoxy) is 6. The van der Waals surface area contributed by atoms with Gasteiger partial charge in [-0.05, 0) is 36.1 Å². The van der Waals surface area contributed by atoms with Crippen LogP contribution in [0.1, 0.15) is 41.3 Å². The van der Waals surface area contributed by atoms with E-state index in [-0.39, 0.29) is 42.3 Å². The number of Topliss-reactive ketones (excluding diaryl/α,β-unsaturated/α-hetero) is 1. The minimum atomic E-state index is -0.966. The van der Waals surface area contributed by atoms with E-state index in [0.717, 1.165) is 18.4 Å². The molecule has 4 rings (SSSR count). The quantitative estimate of drug-likeness (QED) is 0.149. The maximum absolute atomic E-state index is 13.7. The lowest BCUT2D eigenvalue weighted by Gasteiger charge is -2.27. The van der Waals surface area contributed by atoms with E-state index in [1.54, 1.807) is 24.3 Å². The van der Waals surface area contributed by atoms with Crippen LogP contribution in [0, 0.1) is 5.92 Å². The molecule has 3 aromatic rings. The van der Waals surface area contributed by atoms with Gasteiger partial charge in [0.05, 0.1) is 41.0 Å². The molecule has 1 unspecified atom stereocenters. The first-order valence-corrected chi connectivity index (χ1v) is 14.8. The molecule has 0 fully saturated rings. The second kappa shape index (κ2) is 15.7. The average Bonchev–Trinajstić information content (AvgIpc) is 3.05. The number of urea groups is 1. The number of hydrogen-bond donors (Lipinski definition) is 2. The Morgan fingerprint density at radius 2 is 1.62 bits per heavy atom. The first kappa shape index (κ1) is 33.0. The SMILES string of the molecule is CCCCNC(=O)N[C@@H](Cc1ccccc1)C(=O)Oc1cc(CC2COc3cc(OC)c(OC)c(OC)c3C2=O)ccc1OC. The zero-order valence-electron chi connectivity index (χ0n) is 26.3. The molecule has 3 aromatic carbocycles. The molecule has 2 amide bonds. The van der Waals surface area contributed by atoms with Crippen molar-refractivity contribution in [2.75, 3.05) is 41.6 Å². The van der Waals surface area contributed by atoms with Gasteiger partial charge in [-0.1, -0.05) is 49.7 Å². The summed E-state index contributed by atoms with van der Waals surface area (Å²) in [5.41, 5.74) is 1.85. The van der Waals surface area contributed by atoms with E-state index >= 15 is 0 Å². The number of methoxy groups -OCH3 is 4. The van der Waals surface area contributed by atoms with Gasteiger partial charge in [-0.25, -0.2) is 9.59 Å². The number of benzene rings is 3. The summed E-state index contributed by atoms with van der Waals surface area (Å²) in [4.78, 5) is 39.8. The molecule has 0 saturated carbocycles. The van der Waals surface area contributed by atoms with Crippen molar-refractivity contribution >= 4 is 17.8 Å². The van der Waals surface area contributed by atoms with Crippen molar-refractivity contribution in [2.24, 2.45) is 5.92 Å². The van der Waals surface area contributed by atoms with Crippen molar-refractivity contribution < 1.29 is 42.8 Å². The molecule has 0 saturated heterocycles. The molecule has 1 heterocycles. The molecule has 0 bridgehead atoms. The Morgan fingerprint density at radius 3 is 2.29 bits per heavy atom. The second-order valence-corrected chi connectivity index (χ2v) is 10.5. The summed E-state index contributed by atoms with van der Waals surface area (Å²) < 4.78 is 33.7. The molecular weight excluding hydrogens is 580 g/mol. The number of hydrogen-bond acceptors (Lipinski definition) is 9. The number of fused-ring (bicyclic) bond motifs is 1. The summed E-state index contributed by atoms with van der Waals surface area (Å²) in [6.07, 6.45) is 2.26. The zero-order valence-corrected chi connectivity index (χ0v) is 26.3. The van der Waals surface area contributed by atoms with E-state index in [1.807, 2.05) is 37.3 Å². The highest BCUT2D eigenvalue weighted by atomic mass is 16.6. The average molecular weight is 621 g/mol. The number of amides is 2. The predicted molar refractivity (Wildman–Crippen MR) is 167 cm³/mol. The summed E-state index contributed by atoms with van der Waals surface area (Å²) in [5, 5.41) is 5.53. The fourth-order valence-electron chi connectivity index (χ4n) is 5.13. The Kier molecular flexibility index (Phi) is 11.5. The van der Waals surface area contributed by atoms with Gasteiger partial charge in [-0.2, -0.15) is 0 Å². The molecular formula is C34H40N2O9. The molecule has 2 atom stereocenters. The van der Waals surface area contributed by atoms with E-state index in [2.05, 4.69) is 10.6 Å². The first-order chi connectivity index (χ1) is 21.8. The lowest BCUT2D eigenvalue weighted by atomic mass is 9.88. The van der Waals surface area contributed by atoms with E-state index in [9.17, 15) is 14.4 Å². The predicted octanol–water partition coefficient (Wildman–Crippen LogP) is 4.77. The van der Waals surface area contributed by atoms with E-state index in [4.69, 9.17) is 28.4 Å². The van der Waals surface area contributed by atoms with E-state index in [0.29, 0.717) is 35.1 Å². The van der Waals surface area contributed by atoms with Crippen LogP contribution < -0.4 is 39.1 Å². The van der Waals surface area contributed by atoms with Crippen LogP contribution >= 0.6 is 0 Å². The van der Waals surface area contributed by atoms with Gasteiger partial charge in [-0.3, -0.25) is 4.79 Å². The van der Waals surface area contributed by atoms with Crippen molar-refractivity contribution in [3.05, 3.63) is 71.3 Å². The number of esters is 1. The Bertz CT molecular complexity index is 1490. The minimum Gasteiger partial charge on any atom is -0.493 e. The van der Waals surface area contributed by atoms with Crippen LogP contribution in [-0.4, -0.2) is 65.4 Å².